The van der Waals surface area contributed by atoms with E-state index in [0.717, 1.165) is 37.4 Å². The molecule has 17 heavy (non-hydrogen) atoms. The minimum Gasteiger partial charge on any atom is -0.496 e. The van der Waals surface area contributed by atoms with Crippen LogP contribution in [0.2, 0.25) is 5.02 Å². The van der Waals surface area contributed by atoms with E-state index in [9.17, 15) is 0 Å². The average Bonchev–Trinajstić information content (AvgIpc) is 2.38. The highest BCUT2D eigenvalue weighted by Gasteiger charge is 2.22. The first-order valence-corrected chi connectivity index (χ1v) is 6.37. The summed E-state index contributed by atoms with van der Waals surface area (Å²) in [5.74, 6) is 0.943. The fourth-order valence-electron chi connectivity index (χ4n) is 1.92. The lowest BCUT2D eigenvalue weighted by atomic mass is 10.1. The smallest absolute Gasteiger partial charge is 0.115 e. The maximum Gasteiger partial charge on any atom is 0.115 e. The van der Waals surface area contributed by atoms with E-state index in [-0.39, 0.29) is 6.04 Å². The largest absolute Gasteiger partial charge is 0.496 e. The van der Waals surface area contributed by atoms with Gasteiger partial charge < -0.3 is 10.1 Å². The molecule has 0 fully saturated rings. The van der Waals surface area contributed by atoms with Crippen molar-refractivity contribution in [3.8, 4) is 0 Å². The summed E-state index contributed by atoms with van der Waals surface area (Å²) < 4.78 is 5.70. The molecule has 1 atom stereocenters. The summed E-state index contributed by atoms with van der Waals surface area (Å²) in [6.07, 6.45) is 6.02. The molecule has 0 aliphatic carbocycles. The lowest BCUT2D eigenvalue weighted by Gasteiger charge is -2.24. The molecule has 0 amide bonds. The van der Waals surface area contributed by atoms with E-state index in [2.05, 4.69) is 23.3 Å². The molecule has 92 valence electrons. The molecule has 1 unspecified atom stereocenters. The molecule has 0 radical (unpaired) electrons. The molecule has 0 saturated heterocycles. The molecule has 3 nitrogen and oxygen atoms in total. The van der Waals surface area contributed by atoms with E-state index in [4.69, 9.17) is 16.3 Å². The first-order valence-electron chi connectivity index (χ1n) is 5.99. The summed E-state index contributed by atoms with van der Waals surface area (Å²) in [5, 5.41) is 4.04. The van der Waals surface area contributed by atoms with Crippen molar-refractivity contribution < 1.29 is 4.74 Å². The number of hydrogen-bond donors (Lipinski definition) is 1. The van der Waals surface area contributed by atoms with Crippen LogP contribution in [0.1, 0.15) is 31.5 Å². The number of halogens is 1. The number of ether oxygens (including phenoxy) is 1. The SMILES string of the molecule is CCNC(C1=CCCCO1)c1ncccc1Cl. The molecule has 4 heteroatoms. The zero-order chi connectivity index (χ0) is 12.1. The van der Waals surface area contributed by atoms with E-state index in [1.165, 1.54) is 0 Å². The van der Waals surface area contributed by atoms with Crippen molar-refractivity contribution in [1.82, 2.24) is 10.3 Å². The molecular weight excluding hydrogens is 236 g/mol. The van der Waals surface area contributed by atoms with Crippen LogP contribution in [0.4, 0.5) is 0 Å². The molecule has 0 spiro atoms. The highest BCUT2D eigenvalue weighted by atomic mass is 35.5. The van der Waals surface area contributed by atoms with E-state index in [0.29, 0.717) is 5.02 Å². The first kappa shape index (κ1) is 12.4. The Morgan fingerprint density at radius 3 is 3.12 bits per heavy atom. The third-order valence-corrected chi connectivity index (χ3v) is 3.04. The van der Waals surface area contributed by atoms with E-state index in [1.807, 2.05) is 12.1 Å². The number of aromatic nitrogens is 1. The van der Waals surface area contributed by atoms with Crippen LogP contribution in [0, 0.1) is 0 Å². The van der Waals surface area contributed by atoms with Gasteiger partial charge in [-0.05, 0) is 37.6 Å². The van der Waals surface area contributed by atoms with Gasteiger partial charge in [0.1, 0.15) is 11.8 Å². The van der Waals surface area contributed by atoms with Crippen LogP contribution in [0.5, 0.6) is 0 Å². The Hall–Kier alpha value is -1.06. The Bertz CT molecular complexity index is 406. The maximum absolute atomic E-state index is 6.19. The Kier molecular flexibility index (Phi) is 4.40. The summed E-state index contributed by atoms with van der Waals surface area (Å²) in [5.41, 5.74) is 0.837. The molecule has 2 rings (SSSR count). The molecule has 0 saturated carbocycles. The van der Waals surface area contributed by atoms with Gasteiger partial charge >= 0.3 is 0 Å². The van der Waals surface area contributed by atoms with Crippen LogP contribution in [0.15, 0.2) is 30.2 Å². The summed E-state index contributed by atoms with van der Waals surface area (Å²) in [6.45, 7) is 3.68. The van der Waals surface area contributed by atoms with Crippen molar-refractivity contribution in [2.45, 2.75) is 25.8 Å². The van der Waals surface area contributed by atoms with Crippen molar-refractivity contribution in [2.75, 3.05) is 13.2 Å². The van der Waals surface area contributed by atoms with Gasteiger partial charge in [0.25, 0.3) is 0 Å². The van der Waals surface area contributed by atoms with Crippen molar-refractivity contribution in [3.63, 3.8) is 0 Å². The molecule has 1 aliphatic heterocycles. The number of rotatable bonds is 4. The maximum atomic E-state index is 6.19. The van der Waals surface area contributed by atoms with E-state index in [1.54, 1.807) is 6.20 Å². The summed E-state index contributed by atoms with van der Waals surface area (Å²) >= 11 is 6.19. The number of pyridine rings is 1. The van der Waals surface area contributed by atoms with E-state index < -0.39 is 0 Å². The Balaban J connectivity index is 2.28. The Labute approximate surface area is 107 Å². The van der Waals surface area contributed by atoms with Crippen molar-refractivity contribution in [3.05, 3.63) is 40.9 Å². The molecule has 1 aromatic rings. The van der Waals surface area contributed by atoms with Crippen LogP contribution in [0.3, 0.4) is 0 Å². The molecular formula is C13H17ClN2O. The van der Waals surface area contributed by atoms with E-state index >= 15 is 0 Å². The number of nitrogens with one attached hydrogen (secondary N) is 1. The molecule has 1 N–H and O–H groups in total. The second kappa shape index (κ2) is 6.03. The first-order chi connectivity index (χ1) is 8.33. The lowest BCUT2D eigenvalue weighted by molar-refractivity contribution is 0.167. The quantitative estimate of drug-likeness (QED) is 0.894. The highest BCUT2D eigenvalue weighted by Crippen LogP contribution is 2.28. The van der Waals surface area contributed by atoms with Gasteiger partial charge in [-0.25, -0.2) is 0 Å². The van der Waals surface area contributed by atoms with Gasteiger partial charge in [-0.15, -0.1) is 0 Å². The number of hydrogen-bond acceptors (Lipinski definition) is 3. The minimum absolute atomic E-state index is 0.0333. The predicted octanol–water partition coefficient (Wildman–Crippen LogP) is 3.08. The average molecular weight is 253 g/mol. The topological polar surface area (TPSA) is 34.1 Å². The fourth-order valence-corrected chi connectivity index (χ4v) is 2.15. The van der Waals surface area contributed by atoms with Crippen molar-refractivity contribution in [1.29, 1.82) is 0 Å². The molecule has 0 aromatic carbocycles. The summed E-state index contributed by atoms with van der Waals surface area (Å²) in [7, 11) is 0. The van der Waals surface area contributed by atoms with Gasteiger partial charge in [-0.1, -0.05) is 18.5 Å². The minimum atomic E-state index is -0.0333. The van der Waals surface area contributed by atoms with Crippen LogP contribution in [0.25, 0.3) is 0 Å². The monoisotopic (exact) mass is 252 g/mol. The highest BCUT2D eigenvalue weighted by molar-refractivity contribution is 6.31. The van der Waals surface area contributed by atoms with Crippen LogP contribution < -0.4 is 5.32 Å². The molecule has 1 aliphatic rings. The summed E-state index contributed by atoms with van der Waals surface area (Å²) in [6, 6.07) is 3.66. The van der Waals surface area contributed by atoms with Crippen LogP contribution in [-0.2, 0) is 4.74 Å². The lowest BCUT2D eigenvalue weighted by Crippen LogP contribution is -2.26. The number of likely N-dealkylation sites (N-methyl/N-ethyl adjacent to an activating group) is 1. The third kappa shape index (κ3) is 2.99. The zero-order valence-electron chi connectivity index (χ0n) is 9.95. The third-order valence-electron chi connectivity index (χ3n) is 2.72. The molecule has 2 heterocycles. The molecule has 0 bridgehead atoms. The van der Waals surface area contributed by atoms with Gasteiger partial charge in [0, 0.05) is 6.20 Å². The number of nitrogens with zero attached hydrogens (tertiary/aromatic N) is 1. The van der Waals surface area contributed by atoms with Crippen LogP contribution >= 0.6 is 11.6 Å². The van der Waals surface area contributed by atoms with Crippen molar-refractivity contribution in [2.24, 2.45) is 0 Å². The Morgan fingerprint density at radius 1 is 1.59 bits per heavy atom. The second-order valence-corrected chi connectivity index (χ2v) is 4.37. The van der Waals surface area contributed by atoms with Crippen molar-refractivity contribution >= 4 is 11.6 Å². The van der Waals surface area contributed by atoms with Gasteiger partial charge in [0.15, 0.2) is 0 Å². The van der Waals surface area contributed by atoms with Gasteiger partial charge in [0.05, 0.1) is 17.3 Å². The normalized spacial score (nSPS) is 17.2. The molecule has 1 aromatic heterocycles. The zero-order valence-corrected chi connectivity index (χ0v) is 10.7. The van der Waals surface area contributed by atoms with Crippen LogP contribution in [-0.4, -0.2) is 18.1 Å². The standard InChI is InChI=1S/C13H17ClN2O/c1-2-15-13(11-7-3-4-9-17-11)12-10(14)6-5-8-16-12/h5-8,13,15H,2-4,9H2,1H3. The fraction of sp³-hybridized carbons (Fsp3) is 0.462. The Morgan fingerprint density at radius 2 is 2.47 bits per heavy atom. The summed E-state index contributed by atoms with van der Waals surface area (Å²) in [4.78, 5) is 4.36. The second-order valence-electron chi connectivity index (χ2n) is 3.96. The van der Waals surface area contributed by atoms with Gasteiger partial charge in [-0.3, -0.25) is 4.98 Å². The van der Waals surface area contributed by atoms with Gasteiger partial charge in [-0.2, -0.15) is 0 Å². The predicted molar refractivity (Wildman–Crippen MR) is 68.9 cm³/mol. The van der Waals surface area contributed by atoms with Gasteiger partial charge in [0.2, 0.25) is 0 Å². The number of allylic oxidation sites excluding steroid dienone is 1.